The second-order valence-electron chi connectivity index (χ2n) is 4.06. The van der Waals surface area contributed by atoms with Crippen LogP contribution in [0.15, 0.2) is 12.5 Å². The maximum absolute atomic E-state index is 11.3. The van der Waals surface area contributed by atoms with Gasteiger partial charge in [0.2, 0.25) is 0 Å². The second kappa shape index (κ2) is 3.96. The standard InChI is InChI=1S/C9H16N2O2Si/c1-5-13-9(12)8-6-11(7-10-8)14(2,3)4/h6-7H,5H2,1-4H3. The van der Waals surface area contributed by atoms with Crippen LogP contribution in [-0.4, -0.2) is 30.0 Å². The fraction of sp³-hybridized carbons (Fsp3) is 0.556. The van der Waals surface area contributed by atoms with Crippen molar-refractivity contribution in [2.24, 2.45) is 0 Å². The number of imidazole rings is 1. The first kappa shape index (κ1) is 11.0. The zero-order valence-corrected chi connectivity index (χ0v) is 10.1. The Kier molecular flexibility index (Phi) is 3.10. The van der Waals surface area contributed by atoms with E-state index in [4.69, 9.17) is 4.74 Å². The van der Waals surface area contributed by atoms with Crippen LogP contribution >= 0.6 is 0 Å². The number of nitrogens with zero attached hydrogens (tertiary/aromatic N) is 2. The number of carbonyl (C=O) groups excluding carboxylic acids is 1. The number of carbonyl (C=O) groups is 1. The van der Waals surface area contributed by atoms with Gasteiger partial charge >= 0.3 is 5.97 Å². The summed E-state index contributed by atoms with van der Waals surface area (Å²) in [6, 6.07) is 0. The van der Waals surface area contributed by atoms with Crippen molar-refractivity contribution in [3.05, 3.63) is 18.2 Å². The topological polar surface area (TPSA) is 44.1 Å². The maximum atomic E-state index is 11.3. The molecular weight excluding hydrogens is 196 g/mol. The molecule has 1 heterocycles. The van der Waals surface area contributed by atoms with E-state index in [-0.39, 0.29) is 5.97 Å². The molecule has 0 aliphatic rings. The number of hydrogen-bond acceptors (Lipinski definition) is 3. The summed E-state index contributed by atoms with van der Waals surface area (Å²) in [6.45, 7) is 8.73. The number of hydrogen-bond donors (Lipinski definition) is 0. The monoisotopic (exact) mass is 212 g/mol. The van der Waals surface area contributed by atoms with Crippen LogP contribution in [0.3, 0.4) is 0 Å². The first-order valence-corrected chi connectivity index (χ1v) is 8.11. The predicted octanol–water partition coefficient (Wildman–Crippen LogP) is 1.74. The third-order valence-electron chi connectivity index (χ3n) is 1.84. The quantitative estimate of drug-likeness (QED) is 0.566. The van der Waals surface area contributed by atoms with Gasteiger partial charge in [0, 0.05) is 6.20 Å². The molecule has 0 N–H and O–H groups in total. The van der Waals surface area contributed by atoms with E-state index in [1.807, 2.05) is 4.23 Å². The lowest BCUT2D eigenvalue weighted by atomic mass is 10.5. The average molecular weight is 212 g/mol. The molecule has 0 bridgehead atoms. The molecule has 0 radical (unpaired) electrons. The number of ether oxygens (including phenoxy) is 1. The van der Waals surface area contributed by atoms with Gasteiger partial charge in [0.1, 0.15) is 0 Å². The Morgan fingerprint density at radius 3 is 2.64 bits per heavy atom. The van der Waals surface area contributed by atoms with Crippen LogP contribution < -0.4 is 0 Å². The van der Waals surface area contributed by atoms with Crippen LogP contribution in [0.2, 0.25) is 19.6 Å². The summed E-state index contributed by atoms with van der Waals surface area (Å²) >= 11 is 0. The van der Waals surface area contributed by atoms with Gasteiger partial charge < -0.3 is 8.97 Å². The van der Waals surface area contributed by atoms with Gasteiger partial charge in [-0.05, 0) is 6.92 Å². The summed E-state index contributed by atoms with van der Waals surface area (Å²) in [5, 5.41) is 0. The fourth-order valence-corrected chi connectivity index (χ4v) is 1.91. The van der Waals surface area contributed by atoms with Crippen LogP contribution in [0.25, 0.3) is 0 Å². The van der Waals surface area contributed by atoms with Gasteiger partial charge in [-0.25, -0.2) is 9.78 Å². The van der Waals surface area contributed by atoms with Crippen molar-refractivity contribution in [3.8, 4) is 0 Å². The molecule has 0 saturated heterocycles. The molecule has 0 fully saturated rings. The van der Waals surface area contributed by atoms with Crippen LogP contribution in [0.1, 0.15) is 17.4 Å². The number of rotatable bonds is 3. The summed E-state index contributed by atoms with van der Waals surface area (Å²) in [4.78, 5) is 15.3. The Morgan fingerprint density at radius 2 is 2.21 bits per heavy atom. The minimum Gasteiger partial charge on any atom is -0.461 e. The van der Waals surface area contributed by atoms with E-state index in [2.05, 4.69) is 24.6 Å². The third kappa shape index (κ3) is 2.44. The van der Waals surface area contributed by atoms with Crippen LogP contribution in [0.5, 0.6) is 0 Å². The van der Waals surface area contributed by atoms with Gasteiger partial charge in [-0.15, -0.1) is 0 Å². The normalized spacial score (nSPS) is 11.4. The molecule has 0 spiro atoms. The molecule has 0 atom stereocenters. The average Bonchev–Trinajstić information content (AvgIpc) is 2.51. The molecule has 0 saturated carbocycles. The molecule has 78 valence electrons. The molecule has 0 aromatic carbocycles. The van der Waals surface area contributed by atoms with Crippen molar-refractivity contribution in [2.75, 3.05) is 6.61 Å². The van der Waals surface area contributed by atoms with Crippen LogP contribution in [0, 0.1) is 0 Å². The Morgan fingerprint density at radius 1 is 1.57 bits per heavy atom. The minimum absolute atomic E-state index is 0.343. The lowest BCUT2D eigenvalue weighted by Gasteiger charge is -2.16. The molecular formula is C9H16N2O2Si. The summed E-state index contributed by atoms with van der Waals surface area (Å²) in [7, 11) is -1.43. The van der Waals surface area contributed by atoms with E-state index in [1.54, 1.807) is 19.4 Å². The highest BCUT2D eigenvalue weighted by molar-refractivity contribution is 6.74. The highest BCUT2D eigenvalue weighted by atomic mass is 28.3. The Hall–Kier alpha value is -1.10. The summed E-state index contributed by atoms with van der Waals surface area (Å²) < 4.78 is 6.88. The second-order valence-corrected chi connectivity index (χ2v) is 8.92. The van der Waals surface area contributed by atoms with Gasteiger partial charge in [-0.1, -0.05) is 19.6 Å². The van der Waals surface area contributed by atoms with Gasteiger partial charge in [0.25, 0.3) is 0 Å². The zero-order valence-electron chi connectivity index (χ0n) is 9.07. The van der Waals surface area contributed by atoms with E-state index in [9.17, 15) is 4.79 Å². The highest BCUT2D eigenvalue weighted by Crippen LogP contribution is 2.07. The molecule has 14 heavy (non-hydrogen) atoms. The van der Waals surface area contributed by atoms with E-state index >= 15 is 0 Å². The van der Waals surface area contributed by atoms with E-state index in [0.29, 0.717) is 12.3 Å². The molecule has 0 unspecified atom stereocenters. The largest absolute Gasteiger partial charge is 0.461 e. The molecule has 4 nitrogen and oxygen atoms in total. The van der Waals surface area contributed by atoms with Crippen molar-refractivity contribution < 1.29 is 9.53 Å². The van der Waals surface area contributed by atoms with Crippen molar-refractivity contribution in [1.29, 1.82) is 0 Å². The maximum Gasteiger partial charge on any atom is 0.358 e. The third-order valence-corrected chi connectivity index (χ3v) is 3.64. The molecule has 5 heteroatoms. The lowest BCUT2D eigenvalue weighted by Crippen LogP contribution is -2.30. The highest BCUT2D eigenvalue weighted by Gasteiger charge is 2.18. The van der Waals surface area contributed by atoms with Crippen LogP contribution in [0.4, 0.5) is 0 Å². The molecule has 0 amide bonds. The fourth-order valence-electron chi connectivity index (χ4n) is 1.00. The first-order valence-electron chi connectivity index (χ1n) is 4.66. The molecule has 1 rings (SSSR count). The molecule has 1 aromatic rings. The van der Waals surface area contributed by atoms with Gasteiger partial charge in [0.15, 0.2) is 13.9 Å². The van der Waals surface area contributed by atoms with Gasteiger partial charge in [-0.2, -0.15) is 0 Å². The van der Waals surface area contributed by atoms with Gasteiger partial charge in [0.05, 0.1) is 12.9 Å². The first-order chi connectivity index (χ1) is 6.45. The van der Waals surface area contributed by atoms with E-state index in [1.165, 1.54) is 0 Å². The summed E-state index contributed by atoms with van der Waals surface area (Å²) in [5.74, 6) is -0.343. The van der Waals surface area contributed by atoms with Gasteiger partial charge in [-0.3, -0.25) is 0 Å². The Balaban J connectivity index is 2.83. The van der Waals surface area contributed by atoms with Crippen LogP contribution in [-0.2, 0) is 4.74 Å². The smallest absolute Gasteiger partial charge is 0.358 e. The number of esters is 1. The van der Waals surface area contributed by atoms with Crippen molar-refractivity contribution in [1.82, 2.24) is 9.22 Å². The molecule has 1 aromatic heterocycles. The minimum atomic E-state index is -1.43. The zero-order chi connectivity index (χ0) is 10.8. The Labute approximate surface area is 85.0 Å². The van der Waals surface area contributed by atoms with E-state index < -0.39 is 8.24 Å². The summed E-state index contributed by atoms with van der Waals surface area (Å²) in [5.41, 5.74) is 0.397. The SMILES string of the molecule is CCOC(=O)c1cn([Si](C)(C)C)cn1. The van der Waals surface area contributed by atoms with Crippen molar-refractivity contribution in [3.63, 3.8) is 0 Å². The predicted molar refractivity (Wildman–Crippen MR) is 56.9 cm³/mol. The van der Waals surface area contributed by atoms with Crippen molar-refractivity contribution in [2.45, 2.75) is 26.6 Å². The lowest BCUT2D eigenvalue weighted by molar-refractivity contribution is 0.0520. The van der Waals surface area contributed by atoms with Crippen molar-refractivity contribution >= 4 is 14.2 Å². The Bertz CT molecular complexity index is 328. The molecule has 0 aliphatic carbocycles. The van der Waals surface area contributed by atoms with E-state index in [0.717, 1.165) is 0 Å². The molecule has 0 aliphatic heterocycles. The summed E-state index contributed by atoms with van der Waals surface area (Å²) in [6.07, 6.45) is 3.47. The number of aromatic nitrogens is 2.